The Morgan fingerprint density at radius 1 is 1.40 bits per heavy atom. The van der Waals surface area contributed by atoms with Crippen LogP contribution >= 0.6 is 0 Å². The third kappa shape index (κ3) is 3.70. The quantitative estimate of drug-likeness (QED) is 0.898. The van der Waals surface area contributed by atoms with Gasteiger partial charge in [0.15, 0.2) is 0 Å². The van der Waals surface area contributed by atoms with Gasteiger partial charge >= 0.3 is 0 Å². The molecule has 1 aromatic heterocycles. The average Bonchev–Trinajstić information content (AvgIpc) is 2.43. The number of hydrogen-bond acceptors (Lipinski definition) is 4. The molecule has 4 heteroatoms. The molecule has 1 unspecified atom stereocenters. The molecule has 3 atom stereocenters. The van der Waals surface area contributed by atoms with Gasteiger partial charge in [0.25, 0.3) is 0 Å². The first-order chi connectivity index (χ1) is 9.61. The molecule has 0 amide bonds. The van der Waals surface area contributed by atoms with Crippen molar-refractivity contribution in [3.05, 3.63) is 23.9 Å². The summed E-state index contributed by atoms with van der Waals surface area (Å²) in [7, 11) is 0. The first-order valence-electron chi connectivity index (χ1n) is 7.70. The zero-order chi connectivity index (χ0) is 14.5. The van der Waals surface area contributed by atoms with E-state index < -0.39 is 0 Å². The van der Waals surface area contributed by atoms with Gasteiger partial charge in [0, 0.05) is 30.9 Å². The number of rotatable bonds is 5. The van der Waals surface area contributed by atoms with Crippen molar-refractivity contribution in [1.29, 1.82) is 0 Å². The van der Waals surface area contributed by atoms with Crippen molar-refractivity contribution >= 4 is 5.82 Å². The van der Waals surface area contributed by atoms with Gasteiger partial charge in [0.1, 0.15) is 5.82 Å². The molecule has 0 radical (unpaired) electrons. The lowest BCUT2D eigenvalue weighted by atomic mass is 10.1. The van der Waals surface area contributed by atoms with E-state index >= 15 is 0 Å². The zero-order valence-corrected chi connectivity index (χ0v) is 13.1. The Morgan fingerprint density at radius 2 is 2.10 bits per heavy atom. The third-order valence-electron chi connectivity index (χ3n) is 3.70. The average molecular weight is 277 g/mol. The zero-order valence-electron chi connectivity index (χ0n) is 13.1. The fraction of sp³-hybridized carbons (Fsp3) is 0.688. The minimum absolute atomic E-state index is 0.257. The Hall–Kier alpha value is -1.13. The summed E-state index contributed by atoms with van der Waals surface area (Å²) in [6, 6.07) is 4.53. The summed E-state index contributed by atoms with van der Waals surface area (Å²) >= 11 is 0. The van der Waals surface area contributed by atoms with Crippen LogP contribution in [-0.2, 0) is 4.74 Å². The molecule has 1 aliphatic heterocycles. The lowest BCUT2D eigenvalue weighted by Crippen LogP contribution is -2.46. The smallest absolute Gasteiger partial charge is 0.133 e. The topological polar surface area (TPSA) is 37.4 Å². The molecule has 2 heterocycles. The predicted octanol–water partition coefficient (Wildman–Crippen LogP) is 2.76. The molecule has 20 heavy (non-hydrogen) atoms. The molecular weight excluding hydrogens is 250 g/mol. The highest BCUT2D eigenvalue weighted by atomic mass is 16.5. The number of pyridine rings is 1. The van der Waals surface area contributed by atoms with Gasteiger partial charge in [-0.05, 0) is 39.8 Å². The van der Waals surface area contributed by atoms with Gasteiger partial charge in [0.2, 0.25) is 0 Å². The molecule has 1 aliphatic rings. The van der Waals surface area contributed by atoms with Gasteiger partial charge in [0.05, 0.1) is 12.2 Å². The molecule has 0 spiro atoms. The maximum atomic E-state index is 5.82. The molecule has 1 aromatic rings. The van der Waals surface area contributed by atoms with Crippen molar-refractivity contribution in [2.75, 3.05) is 24.5 Å². The molecule has 1 N–H and O–H groups in total. The van der Waals surface area contributed by atoms with E-state index in [2.05, 4.69) is 49.0 Å². The van der Waals surface area contributed by atoms with Crippen LogP contribution in [0.15, 0.2) is 18.3 Å². The minimum atomic E-state index is 0.257. The number of anilines is 1. The lowest BCUT2D eigenvalue weighted by Gasteiger charge is -2.37. The number of morpholine rings is 1. The van der Waals surface area contributed by atoms with Crippen LogP contribution in [0, 0.1) is 0 Å². The Morgan fingerprint density at radius 3 is 2.75 bits per heavy atom. The second-order valence-electron chi connectivity index (χ2n) is 5.75. The van der Waals surface area contributed by atoms with Crippen LogP contribution in [0.25, 0.3) is 0 Å². The molecule has 2 rings (SSSR count). The van der Waals surface area contributed by atoms with Crippen LogP contribution < -0.4 is 10.2 Å². The van der Waals surface area contributed by atoms with Crippen molar-refractivity contribution in [3.63, 3.8) is 0 Å². The Balaban J connectivity index is 2.18. The fourth-order valence-corrected chi connectivity index (χ4v) is 2.83. The van der Waals surface area contributed by atoms with Gasteiger partial charge in [-0.3, -0.25) is 0 Å². The molecule has 0 aliphatic carbocycles. The second kappa shape index (κ2) is 7.04. The lowest BCUT2D eigenvalue weighted by molar-refractivity contribution is -0.00553. The van der Waals surface area contributed by atoms with Gasteiger partial charge in [-0.15, -0.1) is 0 Å². The molecule has 0 aromatic carbocycles. The Labute approximate surface area is 122 Å². The molecule has 1 fully saturated rings. The summed E-state index contributed by atoms with van der Waals surface area (Å²) in [6.45, 7) is 11.5. The highest BCUT2D eigenvalue weighted by Gasteiger charge is 2.25. The van der Waals surface area contributed by atoms with Crippen LogP contribution in [-0.4, -0.2) is 36.8 Å². The normalized spacial score (nSPS) is 24.7. The van der Waals surface area contributed by atoms with Crippen molar-refractivity contribution in [1.82, 2.24) is 10.3 Å². The Bertz CT molecular complexity index is 414. The second-order valence-corrected chi connectivity index (χ2v) is 5.75. The SMILES string of the molecule is CCCNC(C)c1cccnc1N1C[C@@H](C)O[C@@H](C)C1. The van der Waals surface area contributed by atoms with Crippen LogP contribution in [0.4, 0.5) is 5.82 Å². The van der Waals surface area contributed by atoms with Crippen molar-refractivity contribution in [2.24, 2.45) is 0 Å². The van der Waals surface area contributed by atoms with Crippen LogP contribution in [0.5, 0.6) is 0 Å². The first-order valence-corrected chi connectivity index (χ1v) is 7.70. The van der Waals surface area contributed by atoms with Gasteiger partial charge < -0.3 is 15.0 Å². The molecular formula is C16H27N3O. The van der Waals surface area contributed by atoms with Crippen LogP contribution in [0.2, 0.25) is 0 Å². The van der Waals surface area contributed by atoms with Crippen molar-refractivity contribution < 1.29 is 4.74 Å². The largest absolute Gasteiger partial charge is 0.372 e. The molecule has 1 saturated heterocycles. The summed E-state index contributed by atoms with van der Waals surface area (Å²) in [5.74, 6) is 1.10. The standard InChI is InChI=1S/C16H27N3O/c1-5-8-17-14(4)15-7-6-9-18-16(15)19-10-12(2)20-13(3)11-19/h6-7,9,12-14,17H,5,8,10-11H2,1-4H3/t12-,13+,14?. The number of nitrogens with one attached hydrogen (secondary N) is 1. The van der Waals surface area contributed by atoms with E-state index in [0.29, 0.717) is 6.04 Å². The van der Waals surface area contributed by atoms with E-state index in [1.165, 1.54) is 5.56 Å². The molecule has 112 valence electrons. The maximum absolute atomic E-state index is 5.82. The monoisotopic (exact) mass is 277 g/mol. The van der Waals surface area contributed by atoms with E-state index in [0.717, 1.165) is 31.9 Å². The fourth-order valence-electron chi connectivity index (χ4n) is 2.83. The number of nitrogens with zero attached hydrogens (tertiary/aromatic N) is 2. The van der Waals surface area contributed by atoms with Crippen molar-refractivity contribution in [2.45, 2.75) is 52.4 Å². The summed E-state index contributed by atoms with van der Waals surface area (Å²) in [5, 5.41) is 3.55. The Kier molecular flexibility index (Phi) is 5.38. The number of hydrogen-bond donors (Lipinski definition) is 1. The van der Waals surface area contributed by atoms with Crippen LogP contribution in [0.3, 0.4) is 0 Å². The highest BCUT2D eigenvalue weighted by molar-refractivity contribution is 5.49. The minimum Gasteiger partial charge on any atom is -0.372 e. The van der Waals surface area contributed by atoms with E-state index in [1.807, 2.05) is 12.3 Å². The van der Waals surface area contributed by atoms with Gasteiger partial charge in [-0.25, -0.2) is 4.98 Å². The van der Waals surface area contributed by atoms with Gasteiger partial charge in [-0.2, -0.15) is 0 Å². The summed E-state index contributed by atoms with van der Waals surface area (Å²) in [6.07, 6.45) is 3.54. The number of aromatic nitrogens is 1. The van der Waals surface area contributed by atoms with E-state index in [9.17, 15) is 0 Å². The van der Waals surface area contributed by atoms with E-state index in [-0.39, 0.29) is 12.2 Å². The maximum Gasteiger partial charge on any atom is 0.133 e. The highest BCUT2D eigenvalue weighted by Crippen LogP contribution is 2.26. The van der Waals surface area contributed by atoms with E-state index in [1.54, 1.807) is 0 Å². The molecule has 4 nitrogen and oxygen atoms in total. The molecule has 0 saturated carbocycles. The summed E-state index contributed by atoms with van der Waals surface area (Å²) in [5.41, 5.74) is 1.28. The summed E-state index contributed by atoms with van der Waals surface area (Å²) in [4.78, 5) is 6.99. The van der Waals surface area contributed by atoms with Gasteiger partial charge in [-0.1, -0.05) is 13.0 Å². The third-order valence-corrected chi connectivity index (χ3v) is 3.70. The number of ether oxygens (including phenoxy) is 1. The van der Waals surface area contributed by atoms with Crippen LogP contribution in [0.1, 0.15) is 45.7 Å². The van der Waals surface area contributed by atoms with E-state index in [4.69, 9.17) is 4.74 Å². The predicted molar refractivity (Wildman–Crippen MR) is 83.2 cm³/mol. The molecule has 0 bridgehead atoms. The van der Waals surface area contributed by atoms with Crippen molar-refractivity contribution in [3.8, 4) is 0 Å². The first kappa shape index (κ1) is 15.3. The summed E-state index contributed by atoms with van der Waals surface area (Å²) < 4.78 is 5.82.